The van der Waals surface area contributed by atoms with Crippen molar-refractivity contribution in [1.29, 1.82) is 0 Å². The van der Waals surface area contributed by atoms with Gasteiger partial charge in [0.25, 0.3) is 0 Å². The fraction of sp³-hybridized carbons (Fsp3) is 0.357. The first-order valence-corrected chi connectivity index (χ1v) is 7.69. The number of fused-ring (bicyclic) bond motifs is 1. The van der Waals surface area contributed by atoms with E-state index in [0.717, 1.165) is 23.2 Å². The molecular weight excluding hydrogens is 312 g/mol. The molecule has 1 aliphatic carbocycles. The lowest BCUT2D eigenvalue weighted by molar-refractivity contribution is 0.655. The van der Waals surface area contributed by atoms with Gasteiger partial charge in [-0.1, -0.05) is 27.5 Å². The smallest absolute Gasteiger partial charge is 0.0997 e. The zero-order chi connectivity index (χ0) is 12.5. The van der Waals surface area contributed by atoms with Gasteiger partial charge in [-0.2, -0.15) is 0 Å². The number of nitrogens with zero attached hydrogens (tertiary/aromatic N) is 2. The lowest BCUT2D eigenvalue weighted by Crippen LogP contribution is -2.08. The van der Waals surface area contributed by atoms with Crippen LogP contribution in [0.25, 0.3) is 5.69 Å². The minimum Gasteiger partial charge on any atom is -0.303 e. The number of hydrogen-bond acceptors (Lipinski definition) is 1. The van der Waals surface area contributed by atoms with E-state index >= 15 is 0 Å². The summed E-state index contributed by atoms with van der Waals surface area (Å²) in [4.78, 5) is 4.55. The molecule has 0 radical (unpaired) electrons. The largest absolute Gasteiger partial charge is 0.303 e. The highest BCUT2D eigenvalue weighted by atomic mass is 79.9. The number of aryl methyl sites for hydroxylation is 1. The van der Waals surface area contributed by atoms with Crippen LogP contribution in [0.15, 0.2) is 24.5 Å². The van der Waals surface area contributed by atoms with Crippen molar-refractivity contribution in [1.82, 2.24) is 9.55 Å². The molecule has 18 heavy (non-hydrogen) atoms. The molecule has 0 atom stereocenters. The molecule has 1 aromatic carbocycles. The van der Waals surface area contributed by atoms with Gasteiger partial charge < -0.3 is 4.57 Å². The third-order valence-electron chi connectivity index (χ3n) is 3.48. The van der Waals surface area contributed by atoms with E-state index in [-0.39, 0.29) is 0 Å². The van der Waals surface area contributed by atoms with Crippen molar-refractivity contribution < 1.29 is 0 Å². The predicted octanol–water partition coefficient (Wildman–Crippen LogP) is 4.30. The molecule has 0 aliphatic heterocycles. The molecule has 94 valence electrons. The summed E-state index contributed by atoms with van der Waals surface area (Å²) in [6, 6.07) is 6.04. The van der Waals surface area contributed by atoms with Crippen LogP contribution in [0.1, 0.15) is 29.8 Å². The highest BCUT2D eigenvalue weighted by Gasteiger charge is 2.17. The fourth-order valence-electron chi connectivity index (χ4n) is 2.57. The molecule has 0 spiro atoms. The highest BCUT2D eigenvalue weighted by Crippen LogP contribution is 2.27. The Bertz CT molecular complexity index is 577. The second-order valence-corrected chi connectivity index (χ2v) is 5.62. The molecule has 3 rings (SSSR count). The van der Waals surface area contributed by atoms with E-state index in [2.05, 4.69) is 31.5 Å². The summed E-state index contributed by atoms with van der Waals surface area (Å²) < 4.78 is 2.22. The van der Waals surface area contributed by atoms with Crippen LogP contribution in [0.5, 0.6) is 0 Å². The second kappa shape index (κ2) is 5.06. The van der Waals surface area contributed by atoms with E-state index in [0.29, 0.717) is 0 Å². The van der Waals surface area contributed by atoms with E-state index in [1.807, 2.05) is 18.5 Å². The molecule has 0 amide bonds. The number of halogens is 2. The normalized spacial score (nSPS) is 14.6. The molecule has 1 heterocycles. The molecule has 0 fully saturated rings. The van der Waals surface area contributed by atoms with Gasteiger partial charge in [-0.3, -0.25) is 0 Å². The van der Waals surface area contributed by atoms with E-state index < -0.39 is 0 Å². The van der Waals surface area contributed by atoms with Crippen molar-refractivity contribution in [3.05, 3.63) is 46.5 Å². The molecule has 2 aromatic rings. The Kier molecular flexibility index (Phi) is 3.44. The standard InChI is InChI=1S/C14H14BrClN2/c15-8-10-7-11(16)5-6-13(10)18-9-17-12-3-1-2-4-14(12)18/h5-7,9H,1-4,8H2. The number of rotatable bonds is 2. The molecule has 0 unspecified atom stereocenters. The van der Waals surface area contributed by atoms with Crippen molar-refractivity contribution in [2.24, 2.45) is 0 Å². The molecular formula is C14H14BrClN2. The van der Waals surface area contributed by atoms with Crippen LogP contribution < -0.4 is 0 Å². The highest BCUT2D eigenvalue weighted by molar-refractivity contribution is 9.08. The summed E-state index contributed by atoms with van der Waals surface area (Å²) in [6.07, 6.45) is 6.70. The zero-order valence-corrected chi connectivity index (χ0v) is 12.3. The maximum Gasteiger partial charge on any atom is 0.0997 e. The van der Waals surface area contributed by atoms with E-state index in [1.165, 1.54) is 35.5 Å². The summed E-state index contributed by atoms with van der Waals surface area (Å²) in [6.45, 7) is 0. The molecule has 0 bridgehead atoms. The topological polar surface area (TPSA) is 17.8 Å². The van der Waals surface area contributed by atoms with Crippen LogP contribution in [0.4, 0.5) is 0 Å². The van der Waals surface area contributed by atoms with Gasteiger partial charge in [-0.05, 0) is 49.4 Å². The first-order chi connectivity index (χ1) is 8.79. The fourth-order valence-corrected chi connectivity index (χ4v) is 3.22. The van der Waals surface area contributed by atoms with Crippen molar-refractivity contribution in [2.75, 3.05) is 0 Å². The Balaban J connectivity index is 2.12. The minimum atomic E-state index is 0.780. The third kappa shape index (κ3) is 2.10. The summed E-state index contributed by atoms with van der Waals surface area (Å²) >= 11 is 9.59. The number of benzene rings is 1. The molecule has 0 saturated heterocycles. The van der Waals surface area contributed by atoms with E-state index in [4.69, 9.17) is 11.6 Å². The van der Waals surface area contributed by atoms with Gasteiger partial charge in [0.05, 0.1) is 17.7 Å². The van der Waals surface area contributed by atoms with Gasteiger partial charge in [0.2, 0.25) is 0 Å². The molecule has 0 saturated carbocycles. The van der Waals surface area contributed by atoms with Gasteiger partial charge in [-0.25, -0.2) is 4.98 Å². The molecule has 0 N–H and O–H groups in total. The Hall–Kier alpha value is -0.800. The Morgan fingerprint density at radius 3 is 2.94 bits per heavy atom. The van der Waals surface area contributed by atoms with Gasteiger partial charge >= 0.3 is 0 Å². The van der Waals surface area contributed by atoms with E-state index in [1.54, 1.807) is 0 Å². The quantitative estimate of drug-likeness (QED) is 0.753. The average Bonchev–Trinajstić information content (AvgIpc) is 2.82. The zero-order valence-electron chi connectivity index (χ0n) is 10.00. The average molecular weight is 326 g/mol. The lowest BCUT2D eigenvalue weighted by atomic mass is 10.0. The van der Waals surface area contributed by atoms with Crippen LogP contribution in [0.2, 0.25) is 5.02 Å². The number of aromatic nitrogens is 2. The molecule has 1 aromatic heterocycles. The van der Waals surface area contributed by atoms with Crippen LogP contribution in [-0.4, -0.2) is 9.55 Å². The number of hydrogen-bond donors (Lipinski definition) is 0. The van der Waals surface area contributed by atoms with Crippen LogP contribution >= 0.6 is 27.5 Å². The molecule has 1 aliphatic rings. The Labute approximate surface area is 120 Å². The summed E-state index contributed by atoms with van der Waals surface area (Å²) in [5, 5.41) is 1.58. The number of imidazole rings is 1. The summed E-state index contributed by atoms with van der Waals surface area (Å²) in [7, 11) is 0. The Morgan fingerprint density at radius 1 is 1.28 bits per heavy atom. The minimum absolute atomic E-state index is 0.780. The summed E-state index contributed by atoms with van der Waals surface area (Å²) in [5.41, 5.74) is 5.02. The van der Waals surface area contributed by atoms with Gasteiger partial charge in [-0.15, -0.1) is 0 Å². The van der Waals surface area contributed by atoms with Crippen LogP contribution in [0, 0.1) is 0 Å². The van der Waals surface area contributed by atoms with Crippen molar-refractivity contribution in [3.63, 3.8) is 0 Å². The Morgan fingerprint density at radius 2 is 2.11 bits per heavy atom. The van der Waals surface area contributed by atoms with Gasteiger partial charge in [0.1, 0.15) is 0 Å². The van der Waals surface area contributed by atoms with Crippen LogP contribution in [-0.2, 0) is 18.2 Å². The van der Waals surface area contributed by atoms with Crippen molar-refractivity contribution in [3.8, 4) is 5.69 Å². The SMILES string of the molecule is Clc1ccc(-n2cnc3c2CCCC3)c(CBr)c1. The number of alkyl halides is 1. The van der Waals surface area contributed by atoms with Crippen molar-refractivity contribution in [2.45, 2.75) is 31.0 Å². The lowest BCUT2D eigenvalue weighted by Gasteiger charge is -2.16. The third-order valence-corrected chi connectivity index (χ3v) is 4.31. The molecule has 2 nitrogen and oxygen atoms in total. The second-order valence-electron chi connectivity index (χ2n) is 4.62. The van der Waals surface area contributed by atoms with Gasteiger partial charge in [0.15, 0.2) is 0 Å². The maximum atomic E-state index is 6.05. The predicted molar refractivity (Wildman–Crippen MR) is 77.8 cm³/mol. The summed E-state index contributed by atoms with van der Waals surface area (Å²) in [5.74, 6) is 0. The van der Waals surface area contributed by atoms with E-state index in [9.17, 15) is 0 Å². The van der Waals surface area contributed by atoms with Crippen LogP contribution in [0.3, 0.4) is 0 Å². The monoisotopic (exact) mass is 324 g/mol. The first-order valence-electron chi connectivity index (χ1n) is 6.19. The maximum absolute atomic E-state index is 6.05. The first kappa shape index (κ1) is 12.2. The molecule has 4 heteroatoms. The van der Waals surface area contributed by atoms with Crippen molar-refractivity contribution >= 4 is 27.5 Å². The van der Waals surface area contributed by atoms with Gasteiger partial charge in [0, 0.05) is 16.0 Å².